The molecule has 3 fully saturated rings. The number of aliphatic hydroxyl groups excluding tert-OH is 1. The Labute approximate surface area is 782 Å². The second-order valence-corrected chi connectivity index (χ2v) is 35.3. The van der Waals surface area contributed by atoms with Crippen molar-refractivity contribution in [2.75, 3.05) is 52.3 Å². The zero-order valence-electron chi connectivity index (χ0n) is 76.5. The van der Waals surface area contributed by atoms with Crippen molar-refractivity contribution in [2.45, 2.75) is 241 Å². The van der Waals surface area contributed by atoms with E-state index in [9.17, 15) is 68.1 Å². The molecule has 44 heteroatoms. The molecule has 6 aromatic rings. The molecule has 17 amide bonds. The summed E-state index contributed by atoms with van der Waals surface area (Å²) >= 11 is 0.707. The number of phenolic OH excluding ortho intramolecular Hbond substituents is 1. The highest BCUT2D eigenvalue weighted by molar-refractivity contribution is 8.00. The van der Waals surface area contributed by atoms with E-state index in [0.29, 0.717) is 69.5 Å². The van der Waals surface area contributed by atoms with Gasteiger partial charge in [0, 0.05) is 131 Å². The number of phenols is 1. The summed E-state index contributed by atoms with van der Waals surface area (Å²) in [5.74, 6) is -21.3. The van der Waals surface area contributed by atoms with Crippen molar-refractivity contribution in [3.8, 4) is 5.75 Å². The number of aliphatic hydroxyl groups is 1. The number of imidazole rings is 1. The van der Waals surface area contributed by atoms with Crippen LogP contribution in [-0.2, 0) is 117 Å². The number of fused-ring (bicyclic) bond motifs is 4. The molecule has 3 aromatic heterocycles. The van der Waals surface area contributed by atoms with Crippen LogP contribution in [0.5, 0.6) is 5.75 Å². The average molecular weight is 1900 g/mol. The van der Waals surface area contributed by atoms with E-state index in [-0.39, 0.29) is 82.2 Å². The van der Waals surface area contributed by atoms with Gasteiger partial charge in [0.25, 0.3) is 0 Å². The Morgan fingerprint density at radius 1 is 0.533 bits per heavy atom. The van der Waals surface area contributed by atoms with E-state index in [1.54, 1.807) is 74.8 Å². The number of para-hydroxylation sites is 2. The maximum atomic E-state index is 15.8. The number of aromatic hydroxyl groups is 1. The van der Waals surface area contributed by atoms with Crippen LogP contribution in [0.3, 0.4) is 0 Å². The van der Waals surface area contributed by atoms with E-state index < -0.39 is 272 Å². The molecule has 3 aliphatic heterocycles. The average Bonchev–Trinajstić information content (AvgIpc) is 1.66. The number of Topliss-reactive ketones (excluding diaryl/α,β-unsaturated/α-hetero) is 1. The van der Waals surface area contributed by atoms with Crippen molar-refractivity contribution >= 4 is 146 Å². The zero-order chi connectivity index (χ0) is 98.6. The standard InChI is InChI=1S/C91H123N21O22S/c1-8-11-22-69-85(128)102-62(30-32-78(120)121)83(126)107-68(81(124)98-44-76(94)118)46-135-47-77(119)100-65(34-50-25-27-55(113)28-26-50)87(130)108(5)49(4)79(122)105-67(40-75(93)117)90(133)111-33-17-24-70(111)86(129)104-64(38-54-43-95-48-99-54)84(127)103-63(29-31-74(92)116)89(132)112-45-56(114)39-72(112)73(115)37-51(35-52-41-96-60-20-15-13-18-57(52)60)80(123)101-59(10-3)82(125)106-66(36-53-42-97-61-21-16-14-19-58(53)61)88(131)110(7)71(23-12-9-2)91(134)109(69)6/h13-16,18-21,25-28,41-43,48-49,51,56,59,62-72,96-97,113-114H,8-12,17,22-24,29-40,44-47H2,1-7H3,(H2,92,116)(H2,93,117)(H2,94,118)(H,95,99)(H,98,124)(H,100,119)(H,101,123)(H,102,128)(H,103,127)(H,104,129)(H,105,122)(H,106,125)(H,107,126)(H,120,121)/t49-,51+,56+,59-,62-,63-,64-,65-,66-,67-,68-,69-,70-,71-,72-/m0/s1. The molecule has 0 unspecified atom stereocenters. The number of benzene rings is 3. The minimum absolute atomic E-state index is 0.0151. The van der Waals surface area contributed by atoms with Gasteiger partial charge in [-0.15, -0.1) is 11.8 Å². The number of primary amides is 3. The monoisotopic (exact) mass is 1890 g/mol. The largest absolute Gasteiger partial charge is 0.508 e. The Morgan fingerprint density at radius 2 is 1.10 bits per heavy atom. The van der Waals surface area contributed by atoms with E-state index in [1.165, 1.54) is 64.9 Å². The van der Waals surface area contributed by atoms with Crippen LogP contribution in [0.2, 0.25) is 0 Å². The Bertz CT molecular complexity index is 5280. The molecule has 15 atom stereocenters. The van der Waals surface area contributed by atoms with Crippen LogP contribution >= 0.6 is 11.8 Å². The molecule has 0 saturated carbocycles. The Balaban J connectivity index is 1.10. The second-order valence-electron chi connectivity index (χ2n) is 34.3. The minimum Gasteiger partial charge on any atom is -0.508 e. The number of carbonyl (C=O) groups excluding carboxylic acids is 18. The molecule has 135 heavy (non-hydrogen) atoms. The summed E-state index contributed by atoms with van der Waals surface area (Å²) in [5, 5.41) is 56.5. The number of thioether (sulfide) groups is 1. The molecule has 3 aliphatic rings. The summed E-state index contributed by atoms with van der Waals surface area (Å²) in [6.07, 6.45) is 0.589. The van der Waals surface area contributed by atoms with Gasteiger partial charge in [-0.05, 0) is 99.2 Å². The first-order chi connectivity index (χ1) is 64.3. The van der Waals surface area contributed by atoms with Gasteiger partial charge in [-0.2, -0.15) is 0 Å². The summed E-state index contributed by atoms with van der Waals surface area (Å²) in [7, 11) is 3.85. The molecule has 3 aromatic carbocycles. The topological polar surface area (TPSA) is 648 Å². The summed E-state index contributed by atoms with van der Waals surface area (Å²) in [5.41, 5.74) is 19.8. The number of amides is 17. The lowest BCUT2D eigenvalue weighted by atomic mass is 9.90. The number of unbranched alkanes of at least 4 members (excludes halogenated alkanes) is 2. The molecule has 0 radical (unpaired) electrons. The summed E-state index contributed by atoms with van der Waals surface area (Å²) < 4.78 is 0. The van der Waals surface area contributed by atoms with Crippen LogP contribution in [0.15, 0.2) is 97.7 Å². The van der Waals surface area contributed by atoms with Crippen molar-refractivity contribution < 1.29 is 106 Å². The first-order valence-corrected chi connectivity index (χ1v) is 46.3. The third kappa shape index (κ3) is 29.1. The maximum absolute atomic E-state index is 15.8. The first kappa shape index (κ1) is 105. The fraction of sp³-hybridized carbons (Fsp3) is 0.516. The van der Waals surface area contributed by atoms with E-state index in [2.05, 4.69) is 67.8 Å². The van der Waals surface area contributed by atoms with Crippen LogP contribution in [0.25, 0.3) is 21.8 Å². The number of nitrogens with two attached hydrogens (primary N) is 3. The quantitative estimate of drug-likeness (QED) is 0.0291. The highest BCUT2D eigenvalue weighted by Gasteiger charge is 2.47. The lowest BCUT2D eigenvalue weighted by molar-refractivity contribution is -0.149. The summed E-state index contributed by atoms with van der Waals surface area (Å²) in [4.78, 5) is 294. The maximum Gasteiger partial charge on any atom is 0.303 e. The normalized spacial score (nSPS) is 24.8. The lowest BCUT2D eigenvalue weighted by Crippen LogP contribution is -2.60. The van der Waals surface area contributed by atoms with Gasteiger partial charge >= 0.3 is 5.97 Å². The van der Waals surface area contributed by atoms with Gasteiger partial charge in [-0.3, -0.25) is 91.1 Å². The number of rotatable bonds is 26. The van der Waals surface area contributed by atoms with Gasteiger partial charge in [-0.25, -0.2) is 4.98 Å². The van der Waals surface area contributed by atoms with Crippen molar-refractivity contribution in [1.29, 1.82) is 0 Å². The number of aromatic amines is 3. The van der Waals surface area contributed by atoms with Gasteiger partial charge in [0.05, 0.1) is 42.9 Å². The second kappa shape index (κ2) is 49.8. The number of likely N-dealkylation sites (N-methyl/N-ethyl adjacent to an activating group) is 3. The molecular formula is C91H123N21O22S. The SMILES string of the molecule is CCCC[C@H]1C(=O)N(C)[C@@H](CCCC)C(=O)N[C@@H](CCC(=O)O)C(=O)N[C@H](C(=O)NCC(N)=O)CSCC(=O)N[C@@H](Cc2ccc(O)cc2)C(=O)N(C)[C@@H](C)C(=O)N[C@@H](CC(N)=O)C(=O)N2CCC[C@H]2C(=O)N[C@@H](Cc2c[nH]cn2)C(=O)N[C@@H](CCC(N)=O)C(=O)N2C[C@H](O)C[C@H]2C(=O)C[C@@H](Cc2c[nH]c3ccccc23)C(=O)N[C@@H](CC)C(=O)N[C@@H](Cc2c[nH]c3ccccc23)C(=O)N1C. The minimum atomic E-state index is -1.82. The fourth-order valence-corrected chi connectivity index (χ4v) is 17.7. The Hall–Kier alpha value is -13.8. The molecule has 43 nitrogen and oxygen atoms in total. The summed E-state index contributed by atoms with van der Waals surface area (Å²) in [6.45, 7) is 5.03. The number of aromatic nitrogens is 4. The van der Waals surface area contributed by atoms with Crippen molar-refractivity contribution in [2.24, 2.45) is 23.1 Å². The number of carboxylic acid groups (broad SMARTS) is 1. The molecule has 3 saturated heterocycles. The highest BCUT2D eigenvalue weighted by Crippen LogP contribution is 2.30. The Kier molecular flexibility index (Phi) is 38.7. The predicted octanol–water partition coefficient (Wildman–Crippen LogP) is -1.60. The number of hydrogen-bond donors (Lipinski definition) is 18. The third-order valence-electron chi connectivity index (χ3n) is 24.5. The van der Waals surface area contributed by atoms with E-state index >= 15 is 38.4 Å². The van der Waals surface area contributed by atoms with Crippen molar-refractivity contribution in [3.63, 3.8) is 0 Å². The van der Waals surface area contributed by atoms with Crippen LogP contribution in [-0.4, -0.2) is 309 Å². The van der Waals surface area contributed by atoms with Gasteiger partial charge in [0.1, 0.15) is 78.3 Å². The van der Waals surface area contributed by atoms with Crippen LogP contribution in [0.4, 0.5) is 0 Å². The highest BCUT2D eigenvalue weighted by atomic mass is 32.2. The van der Waals surface area contributed by atoms with Crippen LogP contribution < -0.4 is 65.1 Å². The molecule has 0 aliphatic carbocycles. The molecule has 9 rings (SSSR count). The number of aliphatic carboxylic acids is 1. The van der Waals surface area contributed by atoms with Gasteiger partial charge in [0.15, 0.2) is 5.78 Å². The number of carboxylic acids is 1. The number of hydrogen-bond acceptors (Lipinski definition) is 23. The third-order valence-corrected chi connectivity index (χ3v) is 25.5. The van der Waals surface area contributed by atoms with E-state index in [1.807, 2.05) is 6.92 Å². The van der Waals surface area contributed by atoms with Crippen LogP contribution in [0.1, 0.15) is 153 Å². The molecule has 6 heterocycles. The number of ketones is 1. The van der Waals surface area contributed by atoms with Gasteiger partial charge in [-0.1, -0.05) is 95.0 Å². The lowest BCUT2D eigenvalue weighted by Gasteiger charge is -2.36. The van der Waals surface area contributed by atoms with Crippen LogP contribution in [0, 0.1) is 5.92 Å². The summed E-state index contributed by atoms with van der Waals surface area (Å²) in [6, 6.07) is -0.893. The number of H-pyrrole nitrogens is 3. The fourth-order valence-electron chi connectivity index (χ4n) is 16.8. The van der Waals surface area contributed by atoms with Gasteiger partial charge < -0.3 is 120 Å². The Morgan fingerprint density at radius 3 is 1.71 bits per heavy atom. The number of nitrogens with zero attached hydrogens (tertiary/aromatic N) is 6. The molecule has 21 N–H and O–H groups in total. The van der Waals surface area contributed by atoms with Crippen molar-refractivity contribution in [1.82, 2.24) is 92.3 Å². The van der Waals surface area contributed by atoms with E-state index in [0.717, 1.165) is 24.5 Å². The number of carbonyl (C=O) groups is 19. The first-order valence-electron chi connectivity index (χ1n) is 45.1. The molecule has 730 valence electrons. The van der Waals surface area contributed by atoms with Crippen molar-refractivity contribution in [3.05, 3.63) is 120 Å². The van der Waals surface area contributed by atoms with Gasteiger partial charge in [0.2, 0.25) is 100 Å². The number of nitrogens with one attached hydrogen (secondary N) is 12. The zero-order valence-corrected chi connectivity index (χ0v) is 77.3. The molecule has 0 bridgehead atoms. The smallest absolute Gasteiger partial charge is 0.303 e. The van der Waals surface area contributed by atoms with E-state index in [4.69, 9.17) is 17.2 Å². The molecule has 0 spiro atoms. The predicted molar refractivity (Wildman–Crippen MR) is 491 cm³/mol. The molecular weight excluding hydrogens is 1770 g/mol.